The molecular formula is C58H64N4O8. The van der Waals surface area contributed by atoms with Crippen LogP contribution in [0.1, 0.15) is 74.9 Å². The van der Waals surface area contributed by atoms with Crippen LogP contribution >= 0.6 is 0 Å². The molecule has 0 amide bonds. The number of ketones is 2. The first-order valence-corrected chi connectivity index (χ1v) is 24.4. The molecule has 0 saturated heterocycles. The van der Waals surface area contributed by atoms with Gasteiger partial charge in [0.05, 0.1) is 36.0 Å². The number of rotatable bonds is 16. The molecule has 0 N–H and O–H groups in total. The van der Waals surface area contributed by atoms with Crippen LogP contribution in [-0.4, -0.2) is 87.5 Å². The van der Waals surface area contributed by atoms with E-state index in [1.807, 2.05) is 86.7 Å². The topological polar surface area (TPSA) is 136 Å². The minimum Gasteiger partial charge on any atom is -0.481 e. The quantitative estimate of drug-likeness (QED) is 0.0789. The number of carbonyl (C=O) groups is 4. The summed E-state index contributed by atoms with van der Waals surface area (Å²) in [5.74, 6) is -0.696. The predicted octanol–water partition coefficient (Wildman–Crippen LogP) is 10.2. The average molecular weight is 945 g/mol. The van der Waals surface area contributed by atoms with Gasteiger partial charge in [0.1, 0.15) is 11.5 Å². The van der Waals surface area contributed by atoms with E-state index in [-0.39, 0.29) is 63.7 Å². The van der Waals surface area contributed by atoms with Crippen LogP contribution in [0.4, 0.5) is 22.7 Å². The van der Waals surface area contributed by atoms with Gasteiger partial charge in [0, 0.05) is 85.5 Å². The number of anilines is 2. The molecule has 7 rings (SSSR count). The molecule has 0 radical (unpaired) electrons. The summed E-state index contributed by atoms with van der Waals surface area (Å²) in [6, 6.07) is 23.6. The van der Waals surface area contributed by atoms with Crippen molar-refractivity contribution < 1.29 is 38.1 Å². The van der Waals surface area contributed by atoms with E-state index in [1.54, 1.807) is 13.8 Å². The second kappa shape index (κ2) is 23.3. The number of benzene rings is 4. The lowest BCUT2D eigenvalue weighted by atomic mass is 9.84. The van der Waals surface area contributed by atoms with Gasteiger partial charge in [-0.3, -0.25) is 9.59 Å². The maximum atomic E-state index is 14.9. The zero-order valence-electron chi connectivity index (χ0n) is 41.8. The fraction of sp³-hybridized carbons (Fsp3) is 0.345. The van der Waals surface area contributed by atoms with Crippen LogP contribution in [0.2, 0.25) is 0 Å². The van der Waals surface area contributed by atoms with Gasteiger partial charge in [-0.25, -0.2) is 19.6 Å². The van der Waals surface area contributed by atoms with Crippen LogP contribution in [0.3, 0.4) is 0 Å². The summed E-state index contributed by atoms with van der Waals surface area (Å²) in [5, 5.41) is 0. The molecule has 0 atom stereocenters. The predicted molar refractivity (Wildman–Crippen MR) is 278 cm³/mol. The van der Waals surface area contributed by atoms with Gasteiger partial charge in [0.25, 0.3) is 0 Å². The van der Waals surface area contributed by atoms with Gasteiger partial charge in [-0.1, -0.05) is 36.4 Å². The molecule has 0 unspecified atom stereocenters. The lowest BCUT2D eigenvalue weighted by Crippen LogP contribution is -2.22. The highest BCUT2D eigenvalue weighted by Gasteiger charge is 2.29. The number of ether oxygens (including phenoxy) is 4. The molecule has 70 heavy (non-hydrogen) atoms. The largest absolute Gasteiger partial charge is 0.481 e. The number of aryl methyl sites for hydroxylation is 2. The number of carbonyl (C=O) groups excluding carboxylic acids is 4. The maximum Gasteiger partial charge on any atom is 0.344 e. The lowest BCUT2D eigenvalue weighted by molar-refractivity contribution is -0.146. The fourth-order valence-electron chi connectivity index (χ4n) is 9.20. The molecule has 0 aliphatic heterocycles. The Kier molecular flexibility index (Phi) is 16.8. The monoisotopic (exact) mass is 944 g/mol. The van der Waals surface area contributed by atoms with Crippen molar-refractivity contribution in [1.82, 2.24) is 0 Å². The average Bonchev–Trinajstić information content (AvgIpc) is 3.33. The number of allylic oxidation sites excluding steroid dienone is 8. The SMILES string of the molecule is CCOC(=O)COc1c2cccc1CC1=CC(=Nc3ccc(N(CC)CC)cc3C)C=C(Cc3cccc(c3OCC(=O)OCC)CC3=CC(=Nc4ccc(N(CC)CC)cc4C)C=C(C2)C3=O)C1=O. The van der Waals surface area contributed by atoms with Crippen molar-refractivity contribution >= 4 is 57.7 Å². The first kappa shape index (κ1) is 50.5. The molecule has 364 valence electrons. The Bertz CT molecular complexity index is 2570. The number of Topliss-reactive ketones (excluding diaryl/α,β-unsaturated/α-hetero) is 2. The molecule has 0 saturated carbocycles. The van der Waals surface area contributed by atoms with E-state index in [4.69, 9.17) is 28.9 Å². The van der Waals surface area contributed by atoms with Gasteiger partial charge in [0.2, 0.25) is 0 Å². The van der Waals surface area contributed by atoms with Crippen LogP contribution in [0.5, 0.6) is 11.5 Å². The molecule has 12 nitrogen and oxygen atoms in total. The van der Waals surface area contributed by atoms with E-state index >= 15 is 0 Å². The highest BCUT2D eigenvalue weighted by Crippen LogP contribution is 2.37. The van der Waals surface area contributed by atoms with Crippen LogP contribution in [0.15, 0.2) is 129 Å². The molecular weight excluding hydrogens is 881 g/mol. The number of aliphatic imine (C=N–C) groups is 2. The molecule has 3 aliphatic rings. The molecule has 8 bridgehead atoms. The molecule has 0 spiro atoms. The van der Waals surface area contributed by atoms with Crippen molar-refractivity contribution in [2.45, 2.75) is 81.1 Å². The van der Waals surface area contributed by atoms with Crippen LogP contribution < -0.4 is 19.3 Å². The van der Waals surface area contributed by atoms with Crippen molar-refractivity contribution in [2.75, 3.05) is 62.4 Å². The number of nitrogens with zero attached hydrogens (tertiary/aromatic N) is 4. The summed E-state index contributed by atoms with van der Waals surface area (Å²) in [7, 11) is 0. The van der Waals surface area contributed by atoms with Gasteiger partial charge in [-0.05, 0) is 149 Å². The zero-order valence-corrected chi connectivity index (χ0v) is 41.8. The number of hydrogen-bond acceptors (Lipinski definition) is 12. The van der Waals surface area contributed by atoms with Gasteiger partial charge in [-0.2, -0.15) is 0 Å². The van der Waals surface area contributed by atoms with Gasteiger partial charge in [-0.15, -0.1) is 0 Å². The molecule has 0 aromatic heterocycles. The Morgan fingerprint density at radius 1 is 0.500 bits per heavy atom. The maximum absolute atomic E-state index is 14.9. The Balaban J connectivity index is 1.41. The fourth-order valence-corrected chi connectivity index (χ4v) is 9.20. The van der Waals surface area contributed by atoms with E-state index in [0.29, 0.717) is 67.5 Å². The Hall–Kier alpha value is -7.34. The Morgan fingerprint density at radius 2 is 0.829 bits per heavy atom. The molecule has 4 aromatic carbocycles. The van der Waals surface area contributed by atoms with Crippen molar-refractivity contribution in [3.05, 3.63) is 153 Å². The smallest absolute Gasteiger partial charge is 0.344 e. The first-order chi connectivity index (χ1) is 33.9. The van der Waals surface area contributed by atoms with Crippen LogP contribution in [0, 0.1) is 13.8 Å². The Labute approximate surface area is 412 Å². The van der Waals surface area contributed by atoms with E-state index in [2.05, 4.69) is 61.8 Å². The standard InChI is InChI=1S/C58H64N4O8/c1-9-61(10-2)49-21-23-51(37(7)25-49)59-47-31-43-27-39-17-15-19-41(57(39)69-35-53(63)67-13-5)29-45-33-48(60-52-24-22-50(26-38(52)8)62(11-3)12-4)34-46(56(45)66)30-42-20-16-18-40(28-44(32-47)55(43)65)58(42)70-36-54(64)68-14-6/h15-26,31-34H,9-14,27-30,35-36H2,1-8H3. The minimum atomic E-state index is -0.544. The molecule has 12 heteroatoms. The van der Waals surface area contributed by atoms with Gasteiger partial charge in [0.15, 0.2) is 24.8 Å². The van der Waals surface area contributed by atoms with Crippen molar-refractivity contribution in [1.29, 1.82) is 0 Å². The Morgan fingerprint density at radius 3 is 1.11 bits per heavy atom. The van der Waals surface area contributed by atoms with E-state index in [1.165, 1.54) is 0 Å². The normalized spacial score (nSPS) is 14.4. The lowest BCUT2D eigenvalue weighted by Gasteiger charge is -2.23. The first-order valence-electron chi connectivity index (χ1n) is 24.4. The third-order valence-corrected chi connectivity index (χ3v) is 12.7. The highest BCUT2D eigenvalue weighted by atomic mass is 16.6. The third-order valence-electron chi connectivity index (χ3n) is 12.7. The molecule has 0 fully saturated rings. The minimum absolute atomic E-state index is 0.126. The summed E-state index contributed by atoms with van der Waals surface area (Å²) < 4.78 is 23.3. The number of fused-ring (bicyclic) bond motifs is 8. The van der Waals surface area contributed by atoms with E-state index in [0.717, 1.165) is 60.1 Å². The second-order valence-electron chi connectivity index (χ2n) is 17.4. The molecule has 0 heterocycles. The summed E-state index contributed by atoms with van der Waals surface area (Å²) in [6.45, 7) is 19.1. The van der Waals surface area contributed by atoms with Crippen molar-refractivity contribution in [3.8, 4) is 11.5 Å². The number of hydrogen-bond donors (Lipinski definition) is 0. The highest BCUT2D eigenvalue weighted by molar-refractivity contribution is 6.23. The summed E-state index contributed by atoms with van der Waals surface area (Å²) in [4.78, 5) is 70.3. The van der Waals surface area contributed by atoms with Crippen LogP contribution in [-0.2, 0) is 54.3 Å². The summed E-state index contributed by atoms with van der Waals surface area (Å²) in [6.07, 6.45) is 7.75. The summed E-state index contributed by atoms with van der Waals surface area (Å²) >= 11 is 0. The molecule has 3 aliphatic carbocycles. The van der Waals surface area contributed by atoms with Crippen molar-refractivity contribution in [3.63, 3.8) is 0 Å². The summed E-state index contributed by atoms with van der Waals surface area (Å²) in [5.41, 5.74) is 11.3. The molecule has 4 aromatic rings. The van der Waals surface area contributed by atoms with Crippen molar-refractivity contribution in [2.24, 2.45) is 9.98 Å². The van der Waals surface area contributed by atoms with Crippen LogP contribution in [0.25, 0.3) is 0 Å². The third kappa shape index (κ3) is 11.9. The van der Waals surface area contributed by atoms with Gasteiger partial charge >= 0.3 is 11.9 Å². The number of esters is 2. The second-order valence-corrected chi connectivity index (χ2v) is 17.4. The van der Waals surface area contributed by atoms with E-state index < -0.39 is 11.9 Å². The number of para-hydroxylation sites is 2. The van der Waals surface area contributed by atoms with Gasteiger partial charge < -0.3 is 28.7 Å². The zero-order chi connectivity index (χ0) is 49.9. The van der Waals surface area contributed by atoms with E-state index in [9.17, 15) is 19.2 Å².